The Morgan fingerprint density at radius 2 is 1.67 bits per heavy atom. The smallest absolute Gasteiger partial charge is 0.383 e. The van der Waals surface area contributed by atoms with E-state index in [1.807, 2.05) is 6.92 Å². The van der Waals surface area contributed by atoms with Gasteiger partial charge in [0.25, 0.3) is 0 Å². The van der Waals surface area contributed by atoms with Crippen LogP contribution >= 0.6 is 0 Å². The van der Waals surface area contributed by atoms with E-state index in [4.69, 9.17) is 5.73 Å². The second-order valence-electron chi connectivity index (χ2n) is 7.84. The van der Waals surface area contributed by atoms with Crippen LogP contribution in [0.5, 0.6) is 0 Å². The Hall–Kier alpha value is -4.49. The average Bonchev–Trinajstić information content (AvgIpc) is 3.46. The first-order valence-electron chi connectivity index (χ1n) is 10.5. The Kier molecular flexibility index (Phi) is 5.57. The molecule has 2 N–H and O–H groups in total. The van der Waals surface area contributed by atoms with Gasteiger partial charge in [0.1, 0.15) is 35.1 Å². The summed E-state index contributed by atoms with van der Waals surface area (Å²) in [4.78, 5) is 15.2. The highest BCUT2D eigenvalue weighted by molar-refractivity contribution is 6.00. The van der Waals surface area contributed by atoms with Crippen molar-refractivity contribution < 1.29 is 22.0 Å². The monoisotopic (exact) mass is 501 g/mol. The number of halogens is 5. The normalized spacial score (nSPS) is 12.8. The number of nitrogens with two attached hydrogens (primary N) is 1. The van der Waals surface area contributed by atoms with Crippen LogP contribution in [0.25, 0.3) is 27.8 Å². The number of fused-ring (bicyclic) bond motifs is 1. The fourth-order valence-corrected chi connectivity index (χ4v) is 3.95. The molecule has 14 heteroatoms. The Bertz CT molecular complexity index is 1540. The van der Waals surface area contributed by atoms with Crippen molar-refractivity contribution in [3.8, 4) is 16.8 Å². The molecule has 9 nitrogen and oxygen atoms in total. The van der Waals surface area contributed by atoms with Crippen LogP contribution in [0.2, 0.25) is 0 Å². The third-order valence-corrected chi connectivity index (χ3v) is 5.54. The maximum atomic E-state index is 13.7. The number of rotatable bonds is 5. The minimum atomic E-state index is -4.68. The molecule has 5 rings (SSSR count). The molecule has 0 aliphatic heterocycles. The molecule has 0 fully saturated rings. The van der Waals surface area contributed by atoms with Crippen LogP contribution < -0.4 is 5.73 Å². The number of nitrogens with zero attached hydrogens (tertiary/aromatic N) is 8. The van der Waals surface area contributed by atoms with Gasteiger partial charge in [0, 0.05) is 35.8 Å². The van der Waals surface area contributed by atoms with Gasteiger partial charge in [0.2, 0.25) is 5.82 Å². The van der Waals surface area contributed by atoms with Crippen molar-refractivity contribution in [3.63, 3.8) is 0 Å². The highest BCUT2D eigenvalue weighted by Crippen LogP contribution is 2.36. The van der Waals surface area contributed by atoms with E-state index >= 15 is 0 Å². The van der Waals surface area contributed by atoms with Gasteiger partial charge in [0.15, 0.2) is 0 Å². The van der Waals surface area contributed by atoms with Crippen LogP contribution in [0.15, 0.2) is 49.3 Å². The first-order valence-corrected chi connectivity index (χ1v) is 10.5. The summed E-state index contributed by atoms with van der Waals surface area (Å²) in [5.41, 5.74) is 7.81. The third kappa shape index (κ3) is 4.10. The zero-order chi connectivity index (χ0) is 25.6. The number of benzene rings is 1. The number of alkyl halides is 3. The maximum absolute atomic E-state index is 13.7. The summed E-state index contributed by atoms with van der Waals surface area (Å²) in [7, 11) is 0. The van der Waals surface area contributed by atoms with E-state index < -0.39 is 29.7 Å². The fourth-order valence-electron chi connectivity index (χ4n) is 3.95. The van der Waals surface area contributed by atoms with Gasteiger partial charge in [-0.05, 0) is 18.6 Å². The quantitative estimate of drug-likeness (QED) is 0.356. The minimum absolute atomic E-state index is 0.113. The van der Waals surface area contributed by atoms with E-state index in [1.54, 1.807) is 10.8 Å². The van der Waals surface area contributed by atoms with Crippen molar-refractivity contribution in [3.05, 3.63) is 72.5 Å². The Morgan fingerprint density at radius 1 is 0.972 bits per heavy atom. The van der Waals surface area contributed by atoms with Crippen molar-refractivity contribution in [1.29, 1.82) is 0 Å². The molecule has 0 saturated heterocycles. The minimum Gasteiger partial charge on any atom is -0.383 e. The summed E-state index contributed by atoms with van der Waals surface area (Å²) in [5.74, 6) is -2.68. The summed E-state index contributed by atoms with van der Waals surface area (Å²) < 4.78 is 69.1. The van der Waals surface area contributed by atoms with Gasteiger partial charge in [-0.3, -0.25) is 0 Å². The molecule has 1 aromatic carbocycles. The molecule has 0 radical (unpaired) electrons. The second-order valence-corrected chi connectivity index (χ2v) is 7.84. The van der Waals surface area contributed by atoms with E-state index in [1.165, 1.54) is 17.2 Å². The lowest BCUT2D eigenvalue weighted by Gasteiger charge is -2.15. The predicted molar refractivity (Wildman–Crippen MR) is 118 cm³/mol. The van der Waals surface area contributed by atoms with Crippen LogP contribution in [0.4, 0.5) is 27.8 Å². The van der Waals surface area contributed by atoms with Gasteiger partial charge < -0.3 is 10.3 Å². The summed E-state index contributed by atoms with van der Waals surface area (Å²) in [6.45, 7) is 1.88. The Morgan fingerprint density at radius 3 is 2.31 bits per heavy atom. The van der Waals surface area contributed by atoms with Gasteiger partial charge in [-0.25, -0.2) is 33.4 Å². The van der Waals surface area contributed by atoms with E-state index in [0.717, 1.165) is 30.6 Å². The molecule has 1 unspecified atom stereocenters. The van der Waals surface area contributed by atoms with Crippen molar-refractivity contribution in [1.82, 2.24) is 39.5 Å². The van der Waals surface area contributed by atoms with Crippen LogP contribution in [0.1, 0.15) is 30.9 Å². The highest BCUT2D eigenvalue weighted by Gasteiger charge is 2.34. The molecule has 4 heterocycles. The van der Waals surface area contributed by atoms with Crippen LogP contribution in [-0.4, -0.2) is 39.5 Å². The molecule has 0 aliphatic rings. The van der Waals surface area contributed by atoms with Crippen LogP contribution in [0, 0.1) is 11.6 Å². The maximum Gasteiger partial charge on any atom is 0.451 e. The third-order valence-electron chi connectivity index (χ3n) is 5.54. The van der Waals surface area contributed by atoms with Gasteiger partial charge in [-0.2, -0.15) is 13.2 Å². The number of hydrogen-bond donors (Lipinski definition) is 1. The zero-order valence-corrected chi connectivity index (χ0v) is 18.4. The zero-order valence-electron chi connectivity index (χ0n) is 18.4. The van der Waals surface area contributed by atoms with E-state index in [0.29, 0.717) is 28.7 Å². The molecule has 0 spiro atoms. The van der Waals surface area contributed by atoms with E-state index in [-0.39, 0.29) is 17.1 Å². The largest absolute Gasteiger partial charge is 0.451 e. The van der Waals surface area contributed by atoms with Gasteiger partial charge in [-0.1, -0.05) is 12.1 Å². The van der Waals surface area contributed by atoms with E-state index in [9.17, 15) is 22.0 Å². The summed E-state index contributed by atoms with van der Waals surface area (Å²) >= 11 is 0. The number of nitrogen functional groups attached to an aromatic ring is 1. The molecule has 0 saturated carbocycles. The molecule has 0 bridgehead atoms. The molecule has 5 aromatic rings. The lowest BCUT2D eigenvalue weighted by atomic mass is 10.1. The van der Waals surface area contributed by atoms with Gasteiger partial charge >= 0.3 is 6.18 Å². The molecule has 36 heavy (non-hydrogen) atoms. The fraction of sp³-hybridized carbons (Fsp3) is 0.182. The number of anilines is 1. The van der Waals surface area contributed by atoms with Crippen molar-refractivity contribution >= 4 is 16.9 Å². The molecular formula is C22H16F5N9. The van der Waals surface area contributed by atoms with Crippen molar-refractivity contribution in [2.24, 2.45) is 0 Å². The van der Waals surface area contributed by atoms with Gasteiger partial charge in [0.05, 0.1) is 23.3 Å². The first kappa shape index (κ1) is 23.3. The topological polar surface area (TPSA) is 113 Å². The Labute approximate surface area is 199 Å². The SMILES string of the molecule is CCC(c1cn(-c2cc(F)cc(F)c2)nn1)n1cc(-c2cnc(C(F)(F)F)nc2)c2c(N)ncnc21. The first-order chi connectivity index (χ1) is 17.2. The summed E-state index contributed by atoms with van der Waals surface area (Å²) in [5, 5.41) is 8.57. The summed E-state index contributed by atoms with van der Waals surface area (Å²) in [6, 6.07) is 2.52. The van der Waals surface area contributed by atoms with Crippen molar-refractivity contribution in [2.45, 2.75) is 25.6 Å². The highest BCUT2D eigenvalue weighted by atomic mass is 19.4. The number of hydrogen-bond acceptors (Lipinski definition) is 7. The van der Waals surface area contributed by atoms with Crippen LogP contribution in [0.3, 0.4) is 0 Å². The molecule has 0 aliphatic carbocycles. The predicted octanol–water partition coefficient (Wildman–Crippen LogP) is 4.35. The summed E-state index contributed by atoms with van der Waals surface area (Å²) in [6.07, 6.45) is 2.36. The lowest BCUT2D eigenvalue weighted by molar-refractivity contribution is -0.144. The number of aromatic nitrogens is 8. The Balaban J connectivity index is 1.61. The molecular weight excluding hydrogens is 485 g/mol. The second kappa shape index (κ2) is 8.62. The molecule has 4 aromatic heterocycles. The molecule has 184 valence electrons. The van der Waals surface area contributed by atoms with Crippen molar-refractivity contribution in [2.75, 3.05) is 5.73 Å². The standard InChI is InChI=1S/C22H16F5N9/c1-2-17(16-9-36(34-33-16)14-4-12(23)3-13(24)5-14)35-8-15(18-19(28)31-10-32-20(18)35)11-6-29-21(30-7-11)22(25,26)27/h3-10,17H,2H2,1H3,(H2,28,31,32). The lowest BCUT2D eigenvalue weighted by Crippen LogP contribution is -2.10. The molecule has 0 amide bonds. The van der Waals surface area contributed by atoms with E-state index in [2.05, 4.69) is 30.2 Å². The van der Waals surface area contributed by atoms with Gasteiger partial charge in [-0.15, -0.1) is 5.10 Å². The molecule has 1 atom stereocenters. The average molecular weight is 501 g/mol. The van der Waals surface area contributed by atoms with Crippen LogP contribution in [-0.2, 0) is 6.18 Å².